The topological polar surface area (TPSA) is 69.8 Å². The van der Waals surface area contributed by atoms with Crippen molar-refractivity contribution in [3.05, 3.63) is 85.1 Å². The summed E-state index contributed by atoms with van der Waals surface area (Å²) in [6, 6.07) is 20.0. The Bertz CT molecular complexity index is 1630. The van der Waals surface area contributed by atoms with Gasteiger partial charge >= 0.3 is 0 Å². The van der Waals surface area contributed by atoms with Crippen LogP contribution in [0.2, 0.25) is 0 Å². The minimum Gasteiger partial charge on any atom is -0.505 e. The number of anilines is 1. The molecule has 2 saturated heterocycles. The van der Waals surface area contributed by atoms with Crippen molar-refractivity contribution in [1.82, 2.24) is 24.5 Å². The van der Waals surface area contributed by atoms with E-state index in [1.54, 1.807) is 24.7 Å². The van der Waals surface area contributed by atoms with Crippen LogP contribution in [0.5, 0.6) is 5.75 Å². The van der Waals surface area contributed by atoms with Crippen molar-refractivity contribution >= 4 is 11.3 Å². The number of hydrogen-bond acceptors (Lipinski definition) is 6. The summed E-state index contributed by atoms with van der Waals surface area (Å²) in [6.45, 7) is 5.59. The maximum absolute atomic E-state index is 13.9. The van der Waals surface area contributed by atoms with Gasteiger partial charge in [0, 0.05) is 60.6 Å². The van der Waals surface area contributed by atoms with Gasteiger partial charge in [0.1, 0.15) is 5.69 Å². The van der Waals surface area contributed by atoms with Crippen LogP contribution in [0.3, 0.4) is 0 Å². The lowest BCUT2D eigenvalue weighted by Gasteiger charge is -2.35. The Morgan fingerprint density at radius 2 is 1.68 bits per heavy atom. The molecule has 2 aromatic carbocycles. The number of piperazine rings is 1. The Kier molecular flexibility index (Phi) is 5.37. The van der Waals surface area contributed by atoms with E-state index in [-0.39, 0.29) is 0 Å². The molecule has 3 aromatic heterocycles. The molecule has 2 bridgehead atoms. The van der Waals surface area contributed by atoms with Gasteiger partial charge in [0.2, 0.25) is 0 Å². The van der Waals surface area contributed by atoms with Crippen molar-refractivity contribution in [1.29, 1.82) is 0 Å². The normalized spacial score (nSPS) is 19.1. The van der Waals surface area contributed by atoms with Gasteiger partial charge in [-0.3, -0.25) is 9.88 Å². The van der Waals surface area contributed by atoms with Crippen LogP contribution in [-0.4, -0.2) is 61.3 Å². The fourth-order valence-electron chi connectivity index (χ4n) is 6.09. The van der Waals surface area contributed by atoms with Crippen LogP contribution >= 0.6 is 0 Å². The highest BCUT2D eigenvalue weighted by atomic mass is 19.1. The van der Waals surface area contributed by atoms with E-state index in [2.05, 4.69) is 51.0 Å². The third kappa shape index (κ3) is 3.63. The molecule has 2 aliphatic heterocycles. The smallest absolute Gasteiger partial charge is 0.164 e. The second-order valence-electron chi connectivity index (χ2n) is 10.0. The number of halogens is 1. The van der Waals surface area contributed by atoms with Gasteiger partial charge in [0.05, 0.1) is 11.3 Å². The molecule has 5 aromatic rings. The fraction of sp³-hybridized carbons (Fsp3) is 0.233. The van der Waals surface area contributed by atoms with E-state index < -0.39 is 11.6 Å². The highest BCUT2D eigenvalue weighted by molar-refractivity contribution is 5.91. The van der Waals surface area contributed by atoms with Gasteiger partial charge < -0.3 is 10.0 Å². The summed E-state index contributed by atoms with van der Waals surface area (Å²) in [4.78, 5) is 13.9. The molecule has 0 radical (unpaired) electrons. The summed E-state index contributed by atoms with van der Waals surface area (Å²) in [5, 5.41) is 15.1. The molecule has 2 atom stereocenters. The molecule has 190 valence electrons. The van der Waals surface area contributed by atoms with Crippen LogP contribution in [0, 0.1) is 5.82 Å². The number of pyridine rings is 1. The van der Waals surface area contributed by atoms with Gasteiger partial charge in [-0.2, -0.15) is 5.10 Å². The number of hydrogen-bond donors (Lipinski definition) is 1. The quantitative estimate of drug-likeness (QED) is 0.351. The van der Waals surface area contributed by atoms with E-state index in [1.807, 2.05) is 22.7 Å². The van der Waals surface area contributed by atoms with E-state index in [0.29, 0.717) is 29.0 Å². The zero-order valence-electron chi connectivity index (χ0n) is 21.0. The molecule has 5 heterocycles. The summed E-state index contributed by atoms with van der Waals surface area (Å²) < 4.78 is 15.7. The van der Waals surface area contributed by atoms with Crippen LogP contribution < -0.4 is 4.90 Å². The monoisotopic (exact) mass is 506 g/mol. The predicted molar refractivity (Wildman–Crippen MR) is 145 cm³/mol. The molecule has 0 unspecified atom stereocenters. The third-order valence-electron chi connectivity index (χ3n) is 7.96. The molecule has 7 rings (SSSR count). The lowest BCUT2D eigenvalue weighted by molar-refractivity contribution is 0.251. The first-order valence-electron chi connectivity index (χ1n) is 13.0. The number of rotatable bonds is 5. The van der Waals surface area contributed by atoms with Crippen molar-refractivity contribution < 1.29 is 9.50 Å². The van der Waals surface area contributed by atoms with E-state index in [0.717, 1.165) is 42.0 Å². The highest BCUT2D eigenvalue weighted by Gasteiger charge is 2.42. The highest BCUT2D eigenvalue weighted by Crippen LogP contribution is 2.38. The molecule has 7 nitrogen and oxygen atoms in total. The zero-order chi connectivity index (χ0) is 25.8. The molecule has 8 heteroatoms. The van der Waals surface area contributed by atoms with Crippen LogP contribution in [0.15, 0.2) is 79.3 Å². The standard InChI is InChI=1S/C30H27FN6O/c1-2-35-17-24-16-23(35)18-36(24)22-6-3-19(4-7-22)26-11-14-33-30-28(21-5-8-25(31)27(38)15-21)29(34-37(26)30)20-9-12-32-13-10-20/h3-15,23-24,38H,2,16-18H2,1H3/t23-,24-/m0/s1. The fourth-order valence-corrected chi connectivity index (χ4v) is 6.09. The number of likely N-dealkylation sites (tertiary alicyclic amines) is 1. The summed E-state index contributed by atoms with van der Waals surface area (Å²) >= 11 is 0. The van der Waals surface area contributed by atoms with Crippen molar-refractivity contribution in [2.45, 2.75) is 25.4 Å². The molecule has 0 saturated carbocycles. The Morgan fingerprint density at radius 1 is 0.895 bits per heavy atom. The third-order valence-corrected chi connectivity index (χ3v) is 7.96. The SMILES string of the molecule is CCN1C[C@@H]2C[C@H]1CN2c1ccc(-c2ccnc3c(-c4ccc(F)c(O)c4)c(-c4ccncc4)nn23)cc1. The van der Waals surface area contributed by atoms with E-state index in [9.17, 15) is 9.50 Å². The van der Waals surface area contributed by atoms with E-state index in [1.165, 1.54) is 24.2 Å². The van der Waals surface area contributed by atoms with Gasteiger partial charge in [-0.1, -0.05) is 25.1 Å². The number of aromatic nitrogens is 4. The van der Waals surface area contributed by atoms with Crippen molar-refractivity contribution in [3.8, 4) is 39.4 Å². The first kappa shape index (κ1) is 22.9. The van der Waals surface area contributed by atoms with Gasteiger partial charge in [-0.05, 0) is 61.0 Å². The van der Waals surface area contributed by atoms with Gasteiger partial charge in [-0.15, -0.1) is 0 Å². The number of nitrogens with zero attached hydrogens (tertiary/aromatic N) is 6. The van der Waals surface area contributed by atoms with Gasteiger partial charge in [0.15, 0.2) is 17.2 Å². The lowest BCUT2D eigenvalue weighted by Crippen LogP contribution is -2.46. The molecule has 0 spiro atoms. The molecular formula is C30H27FN6O. The number of phenols is 1. The van der Waals surface area contributed by atoms with E-state index in [4.69, 9.17) is 5.10 Å². The Hall–Kier alpha value is -4.30. The van der Waals surface area contributed by atoms with Gasteiger partial charge in [-0.25, -0.2) is 13.9 Å². The van der Waals surface area contributed by atoms with Crippen LogP contribution in [-0.2, 0) is 0 Å². The second kappa shape index (κ2) is 8.92. The average Bonchev–Trinajstić information content (AvgIpc) is 3.68. The predicted octanol–water partition coefficient (Wildman–Crippen LogP) is 5.25. The summed E-state index contributed by atoms with van der Waals surface area (Å²) in [5.41, 5.74) is 6.70. The Labute approximate surface area is 219 Å². The molecule has 1 N–H and O–H groups in total. The summed E-state index contributed by atoms with van der Waals surface area (Å²) in [7, 11) is 0. The Balaban J connectivity index is 1.32. The number of likely N-dealkylation sites (N-methyl/N-ethyl adjacent to an activating group) is 1. The van der Waals surface area contributed by atoms with Gasteiger partial charge in [0.25, 0.3) is 0 Å². The molecule has 0 amide bonds. The number of phenolic OH excluding ortho intramolecular Hbond substituents is 1. The van der Waals surface area contributed by atoms with Crippen LogP contribution in [0.1, 0.15) is 13.3 Å². The molecule has 0 aliphatic carbocycles. The molecule has 38 heavy (non-hydrogen) atoms. The minimum absolute atomic E-state index is 0.410. The summed E-state index contributed by atoms with van der Waals surface area (Å²) in [6.07, 6.45) is 6.43. The van der Waals surface area contributed by atoms with Crippen molar-refractivity contribution in [3.63, 3.8) is 0 Å². The maximum Gasteiger partial charge on any atom is 0.164 e. The minimum atomic E-state index is -0.668. The lowest BCUT2D eigenvalue weighted by atomic mass is 10.0. The largest absolute Gasteiger partial charge is 0.505 e. The number of benzene rings is 2. The molecular weight excluding hydrogens is 479 g/mol. The first-order chi connectivity index (χ1) is 18.6. The Morgan fingerprint density at radius 3 is 2.39 bits per heavy atom. The average molecular weight is 507 g/mol. The van der Waals surface area contributed by atoms with Crippen LogP contribution in [0.4, 0.5) is 10.1 Å². The van der Waals surface area contributed by atoms with Crippen molar-refractivity contribution in [2.75, 3.05) is 24.5 Å². The molecule has 2 aliphatic rings. The second-order valence-corrected chi connectivity index (χ2v) is 10.0. The van der Waals surface area contributed by atoms with Crippen LogP contribution in [0.25, 0.3) is 39.3 Å². The maximum atomic E-state index is 13.9. The first-order valence-corrected chi connectivity index (χ1v) is 13.0. The zero-order valence-corrected chi connectivity index (χ0v) is 21.0. The summed E-state index contributed by atoms with van der Waals surface area (Å²) in [5.74, 6) is -1.08. The number of fused-ring (bicyclic) bond motifs is 3. The number of aromatic hydroxyl groups is 1. The van der Waals surface area contributed by atoms with Crippen molar-refractivity contribution in [2.24, 2.45) is 0 Å². The molecule has 2 fully saturated rings. The van der Waals surface area contributed by atoms with E-state index >= 15 is 0 Å².